The number of nitrogens with zero attached hydrogens (tertiary/aromatic N) is 1. The Morgan fingerprint density at radius 3 is 2.56 bits per heavy atom. The molecule has 1 saturated heterocycles. The molecule has 0 atom stereocenters. The van der Waals surface area contributed by atoms with Crippen molar-refractivity contribution in [3.63, 3.8) is 0 Å². The number of hydrogen-bond donors (Lipinski definition) is 1. The topological polar surface area (TPSA) is 75.7 Å². The number of carbonyl (C=O) groups excluding carboxylic acids is 1. The Balaban J connectivity index is 1.46. The molecule has 3 aromatic rings. The average Bonchev–Trinajstić information content (AvgIpc) is 2.80. The Morgan fingerprint density at radius 2 is 1.81 bits per heavy atom. The summed E-state index contributed by atoms with van der Waals surface area (Å²) in [4.78, 5) is 13.0. The Bertz CT molecular complexity index is 1230. The van der Waals surface area contributed by atoms with Crippen LogP contribution in [0.3, 0.4) is 0 Å². The molecule has 0 spiro atoms. The highest BCUT2D eigenvalue weighted by Crippen LogP contribution is 2.32. The van der Waals surface area contributed by atoms with E-state index in [1.807, 2.05) is 42.5 Å². The maximum atomic E-state index is 13.2. The molecule has 0 aromatic heterocycles. The van der Waals surface area contributed by atoms with Crippen molar-refractivity contribution in [1.29, 1.82) is 0 Å². The van der Waals surface area contributed by atoms with E-state index in [2.05, 4.69) is 5.32 Å². The molecule has 3 aromatic carbocycles. The van der Waals surface area contributed by atoms with Crippen molar-refractivity contribution in [2.45, 2.75) is 24.7 Å². The molecule has 8 heteroatoms. The number of ether oxygens (including phenoxy) is 1. The van der Waals surface area contributed by atoms with Crippen LogP contribution in [0.4, 0.5) is 5.69 Å². The van der Waals surface area contributed by atoms with E-state index in [9.17, 15) is 13.2 Å². The highest BCUT2D eigenvalue weighted by molar-refractivity contribution is 7.89. The Morgan fingerprint density at radius 1 is 1.09 bits per heavy atom. The number of benzene rings is 3. The van der Waals surface area contributed by atoms with Crippen molar-refractivity contribution in [3.05, 3.63) is 65.7 Å². The molecule has 1 aliphatic heterocycles. The van der Waals surface area contributed by atoms with Crippen LogP contribution in [0.25, 0.3) is 10.8 Å². The zero-order chi connectivity index (χ0) is 22.7. The van der Waals surface area contributed by atoms with Crippen LogP contribution in [0.2, 0.25) is 5.02 Å². The summed E-state index contributed by atoms with van der Waals surface area (Å²) in [5.74, 6) is -0.0602. The van der Waals surface area contributed by atoms with E-state index < -0.39 is 10.0 Å². The van der Waals surface area contributed by atoms with Crippen molar-refractivity contribution < 1.29 is 17.9 Å². The number of fused-ring (bicyclic) bond motifs is 1. The lowest BCUT2D eigenvalue weighted by Gasteiger charge is -2.31. The maximum Gasteiger partial charge on any atom is 0.246 e. The Kier molecular flexibility index (Phi) is 6.69. The third-order valence-electron chi connectivity index (χ3n) is 5.70. The van der Waals surface area contributed by atoms with Gasteiger partial charge < -0.3 is 10.1 Å². The van der Waals surface area contributed by atoms with E-state index in [1.165, 1.54) is 10.4 Å². The van der Waals surface area contributed by atoms with E-state index in [4.69, 9.17) is 16.3 Å². The van der Waals surface area contributed by atoms with Gasteiger partial charge in [0.15, 0.2) is 0 Å². The molecule has 0 saturated carbocycles. The third kappa shape index (κ3) is 4.60. The minimum atomic E-state index is -3.78. The minimum absolute atomic E-state index is 0.0607. The second-order valence-corrected chi connectivity index (χ2v) is 10.1. The Labute approximate surface area is 193 Å². The lowest BCUT2D eigenvalue weighted by molar-refractivity contribution is -0.120. The van der Waals surface area contributed by atoms with Gasteiger partial charge in [-0.3, -0.25) is 4.79 Å². The summed E-state index contributed by atoms with van der Waals surface area (Å²) in [5, 5.41) is 5.39. The fourth-order valence-corrected chi connectivity index (χ4v) is 5.89. The zero-order valence-corrected chi connectivity index (χ0v) is 19.3. The number of carbonyl (C=O) groups is 1. The predicted octanol–water partition coefficient (Wildman–Crippen LogP) is 4.93. The van der Waals surface area contributed by atoms with Crippen molar-refractivity contribution >= 4 is 44.0 Å². The van der Waals surface area contributed by atoms with Crippen LogP contribution >= 0.6 is 11.6 Å². The van der Waals surface area contributed by atoms with Crippen LogP contribution in [0.15, 0.2) is 65.6 Å². The van der Waals surface area contributed by atoms with E-state index >= 15 is 0 Å². The van der Waals surface area contributed by atoms with Crippen LogP contribution in [-0.2, 0) is 14.8 Å². The van der Waals surface area contributed by atoms with Gasteiger partial charge in [0.05, 0.1) is 6.61 Å². The summed E-state index contributed by atoms with van der Waals surface area (Å²) in [6.45, 7) is 2.66. The SMILES string of the molecule is CCOc1ccc(Cl)cc1S(=O)(=O)N1CCC(C(=O)Nc2cccc3ccccc23)CC1. The molecule has 0 unspecified atom stereocenters. The van der Waals surface area contributed by atoms with Crippen LogP contribution in [0, 0.1) is 5.92 Å². The van der Waals surface area contributed by atoms with Crippen molar-refractivity contribution in [2.24, 2.45) is 5.92 Å². The fraction of sp³-hybridized carbons (Fsp3) is 0.292. The smallest absolute Gasteiger partial charge is 0.246 e. The molecular formula is C24H25ClN2O4S. The summed E-state index contributed by atoms with van der Waals surface area (Å²) in [5.41, 5.74) is 0.767. The first-order valence-corrected chi connectivity index (χ1v) is 12.4. The van der Waals surface area contributed by atoms with Gasteiger partial charge in [-0.05, 0) is 49.4 Å². The molecule has 0 radical (unpaired) electrons. The molecule has 1 aliphatic rings. The summed E-state index contributed by atoms with van der Waals surface area (Å²) >= 11 is 6.05. The molecular weight excluding hydrogens is 448 g/mol. The minimum Gasteiger partial charge on any atom is -0.492 e. The summed E-state index contributed by atoms with van der Waals surface area (Å²) < 4.78 is 33.4. The first-order chi connectivity index (χ1) is 15.4. The first-order valence-electron chi connectivity index (χ1n) is 10.6. The predicted molar refractivity (Wildman–Crippen MR) is 127 cm³/mol. The number of hydrogen-bond acceptors (Lipinski definition) is 4. The van der Waals surface area contributed by atoms with E-state index in [0.29, 0.717) is 24.5 Å². The molecule has 168 valence electrons. The molecule has 32 heavy (non-hydrogen) atoms. The largest absolute Gasteiger partial charge is 0.492 e. The molecule has 4 rings (SSSR count). The van der Waals surface area contributed by atoms with Crippen LogP contribution in [0.1, 0.15) is 19.8 Å². The fourth-order valence-electron chi connectivity index (χ4n) is 4.02. The van der Waals surface area contributed by atoms with Gasteiger partial charge in [0, 0.05) is 35.1 Å². The third-order valence-corrected chi connectivity index (χ3v) is 7.85. The second-order valence-electron chi connectivity index (χ2n) is 7.72. The van der Waals surface area contributed by atoms with Crippen LogP contribution in [0.5, 0.6) is 5.75 Å². The number of halogens is 1. The number of anilines is 1. The number of nitrogens with one attached hydrogen (secondary N) is 1. The van der Waals surface area contributed by atoms with Gasteiger partial charge in [-0.1, -0.05) is 48.0 Å². The molecule has 0 bridgehead atoms. The van der Waals surface area contributed by atoms with Crippen LogP contribution in [-0.4, -0.2) is 38.3 Å². The zero-order valence-electron chi connectivity index (χ0n) is 17.8. The number of piperidine rings is 1. The second kappa shape index (κ2) is 9.48. The molecule has 6 nitrogen and oxygen atoms in total. The molecule has 1 heterocycles. The van der Waals surface area contributed by atoms with Crippen LogP contribution < -0.4 is 10.1 Å². The van der Waals surface area contributed by atoms with Gasteiger partial charge in [-0.25, -0.2) is 8.42 Å². The van der Waals surface area contributed by atoms with Crippen molar-refractivity contribution in [2.75, 3.05) is 25.0 Å². The highest BCUT2D eigenvalue weighted by atomic mass is 35.5. The van der Waals surface area contributed by atoms with Crippen molar-refractivity contribution in [3.8, 4) is 5.75 Å². The van der Waals surface area contributed by atoms with E-state index in [0.717, 1.165) is 16.5 Å². The highest BCUT2D eigenvalue weighted by Gasteiger charge is 2.34. The summed E-state index contributed by atoms with van der Waals surface area (Å²) in [6.07, 6.45) is 0.890. The quantitative estimate of drug-likeness (QED) is 0.551. The first kappa shape index (κ1) is 22.6. The maximum absolute atomic E-state index is 13.2. The van der Waals surface area contributed by atoms with Gasteiger partial charge in [-0.15, -0.1) is 0 Å². The number of rotatable bonds is 6. The van der Waals surface area contributed by atoms with Gasteiger partial charge in [0.25, 0.3) is 0 Å². The molecule has 1 amide bonds. The van der Waals surface area contributed by atoms with Gasteiger partial charge in [0.1, 0.15) is 10.6 Å². The Hall–Kier alpha value is -2.61. The standard InChI is InChI=1S/C24H25ClN2O4S/c1-2-31-22-11-10-19(25)16-23(22)32(29,30)27-14-12-18(13-15-27)24(28)26-21-9-5-7-17-6-3-4-8-20(17)21/h3-11,16,18H,2,12-15H2,1H3,(H,26,28). The monoisotopic (exact) mass is 472 g/mol. The van der Waals surface area contributed by atoms with Gasteiger partial charge >= 0.3 is 0 Å². The lowest BCUT2D eigenvalue weighted by Crippen LogP contribution is -2.41. The van der Waals surface area contributed by atoms with Gasteiger partial charge in [-0.2, -0.15) is 4.31 Å². The normalized spacial score (nSPS) is 15.6. The van der Waals surface area contributed by atoms with Gasteiger partial charge in [0.2, 0.25) is 15.9 Å². The molecule has 1 fully saturated rings. The number of sulfonamides is 1. The summed E-state index contributed by atoms with van der Waals surface area (Å²) in [6, 6.07) is 18.3. The van der Waals surface area contributed by atoms with Crippen molar-refractivity contribution in [1.82, 2.24) is 4.31 Å². The van der Waals surface area contributed by atoms with E-state index in [-0.39, 0.29) is 35.6 Å². The van der Waals surface area contributed by atoms with E-state index in [1.54, 1.807) is 19.1 Å². The molecule has 1 N–H and O–H groups in total. The number of amides is 1. The lowest BCUT2D eigenvalue weighted by atomic mass is 9.97. The average molecular weight is 473 g/mol. The molecule has 0 aliphatic carbocycles. The summed E-state index contributed by atoms with van der Waals surface area (Å²) in [7, 11) is -3.78.